The van der Waals surface area contributed by atoms with Crippen LogP contribution >= 0.6 is 0 Å². The van der Waals surface area contributed by atoms with Crippen LogP contribution in [0.1, 0.15) is 10.4 Å². The van der Waals surface area contributed by atoms with Crippen molar-refractivity contribution in [3.05, 3.63) is 115 Å². The van der Waals surface area contributed by atoms with Gasteiger partial charge in [0.05, 0.1) is 16.8 Å². The van der Waals surface area contributed by atoms with Gasteiger partial charge < -0.3 is 9.14 Å². The molecule has 0 saturated carbocycles. The fourth-order valence-electron chi connectivity index (χ4n) is 3.93. The van der Waals surface area contributed by atoms with Crippen LogP contribution in [0.15, 0.2) is 109 Å². The fourth-order valence-corrected chi connectivity index (χ4v) is 3.93. The Morgan fingerprint density at radius 1 is 0.788 bits per heavy atom. The molecule has 1 amide bonds. The van der Waals surface area contributed by atoms with Gasteiger partial charge >= 0.3 is 6.09 Å². The predicted molar refractivity (Wildman–Crippen MR) is 130 cm³/mol. The minimum Gasteiger partial charge on any atom is -0.407 e. The number of para-hydroxylation sites is 1. The number of aromatic nitrogens is 1. The second kappa shape index (κ2) is 8.85. The molecule has 0 bridgehead atoms. The SMILES string of the molecule is O=Cc1ccn2c(-c3ccccc3)c(-c3ccccc3)c(OC(=O)Nc3ccccc3)c2c1. The molecule has 2 heterocycles. The van der Waals surface area contributed by atoms with Crippen LogP contribution in [0.2, 0.25) is 0 Å². The number of fused-ring (bicyclic) bond motifs is 1. The number of carbonyl (C=O) groups is 2. The summed E-state index contributed by atoms with van der Waals surface area (Å²) in [5, 5.41) is 2.77. The molecule has 0 spiro atoms. The van der Waals surface area contributed by atoms with Crippen molar-refractivity contribution in [3.8, 4) is 28.1 Å². The molecule has 3 aromatic carbocycles. The number of hydrogen-bond donors (Lipinski definition) is 1. The zero-order valence-electron chi connectivity index (χ0n) is 17.6. The van der Waals surface area contributed by atoms with Crippen molar-refractivity contribution in [2.75, 3.05) is 5.32 Å². The second-order valence-electron chi connectivity index (χ2n) is 7.50. The number of hydrogen-bond acceptors (Lipinski definition) is 3. The number of aldehydes is 1. The molecule has 5 nitrogen and oxygen atoms in total. The number of carbonyl (C=O) groups excluding carboxylic acids is 2. The van der Waals surface area contributed by atoms with Crippen LogP contribution in [0.4, 0.5) is 10.5 Å². The Morgan fingerprint density at radius 3 is 2.03 bits per heavy atom. The van der Waals surface area contributed by atoms with Gasteiger partial charge in [-0.15, -0.1) is 0 Å². The van der Waals surface area contributed by atoms with E-state index >= 15 is 0 Å². The Hall–Kier alpha value is -4.64. The van der Waals surface area contributed by atoms with Crippen LogP contribution in [0, 0.1) is 0 Å². The maximum absolute atomic E-state index is 12.9. The van der Waals surface area contributed by atoms with Gasteiger partial charge in [0, 0.05) is 17.4 Å². The summed E-state index contributed by atoms with van der Waals surface area (Å²) in [7, 11) is 0. The molecule has 0 aliphatic rings. The Kier molecular flexibility index (Phi) is 5.43. The van der Waals surface area contributed by atoms with Crippen LogP contribution < -0.4 is 10.1 Å². The average Bonchev–Trinajstić information content (AvgIpc) is 3.18. The normalized spacial score (nSPS) is 10.7. The molecule has 0 radical (unpaired) electrons. The van der Waals surface area contributed by atoms with E-state index in [4.69, 9.17) is 4.74 Å². The van der Waals surface area contributed by atoms with Gasteiger partial charge in [0.2, 0.25) is 0 Å². The smallest absolute Gasteiger partial charge is 0.407 e. The Balaban J connectivity index is 1.74. The van der Waals surface area contributed by atoms with E-state index in [0.717, 1.165) is 28.7 Å². The third-order valence-electron chi connectivity index (χ3n) is 5.38. The number of anilines is 1. The van der Waals surface area contributed by atoms with E-state index in [9.17, 15) is 9.59 Å². The summed E-state index contributed by atoms with van der Waals surface area (Å²) in [5.41, 5.74) is 5.25. The maximum atomic E-state index is 12.9. The van der Waals surface area contributed by atoms with Crippen LogP contribution in [0.25, 0.3) is 27.9 Å². The number of nitrogens with zero attached hydrogens (tertiary/aromatic N) is 1. The average molecular weight is 432 g/mol. The van der Waals surface area contributed by atoms with Crippen molar-refractivity contribution >= 4 is 23.6 Å². The summed E-state index contributed by atoms with van der Waals surface area (Å²) >= 11 is 0. The topological polar surface area (TPSA) is 59.8 Å². The molecule has 5 rings (SSSR count). The van der Waals surface area contributed by atoms with E-state index in [-0.39, 0.29) is 0 Å². The summed E-state index contributed by atoms with van der Waals surface area (Å²) in [6.07, 6.45) is 2.00. The summed E-state index contributed by atoms with van der Waals surface area (Å²) in [6.45, 7) is 0. The number of pyridine rings is 1. The molecule has 0 aliphatic heterocycles. The van der Waals surface area contributed by atoms with Gasteiger partial charge in [-0.05, 0) is 35.4 Å². The first-order valence-corrected chi connectivity index (χ1v) is 10.5. The predicted octanol–water partition coefficient (Wildman–Crippen LogP) is 6.70. The first-order valence-electron chi connectivity index (χ1n) is 10.5. The molecular weight excluding hydrogens is 412 g/mol. The zero-order valence-corrected chi connectivity index (χ0v) is 17.6. The monoisotopic (exact) mass is 432 g/mol. The highest BCUT2D eigenvalue weighted by Crippen LogP contribution is 2.44. The summed E-state index contributed by atoms with van der Waals surface area (Å²) in [4.78, 5) is 24.4. The number of nitrogens with one attached hydrogen (secondary N) is 1. The Morgan fingerprint density at radius 2 is 1.39 bits per heavy atom. The molecule has 0 fully saturated rings. The fraction of sp³-hybridized carbons (Fsp3) is 0. The first-order chi connectivity index (χ1) is 16.2. The maximum Gasteiger partial charge on any atom is 0.417 e. The lowest BCUT2D eigenvalue weighted by Crippen LogP contribution is -2.16. The molecule has 1 N–H and O–H groups in total. The van der Waals surface area contributed by atoms with Gasteiger partial charge in [0.1, 0.15) is 6.29 Å². The molecule has 0 atom stereocenters. The largest absolute Gasteiger partial charge is 0.417 e. The van der Waals surface area contributed by atoms with Gasteiger partial charge in [-0.2, -0.15) is 0 Å². The number of rotatable bonds is 5. The van der Waals surface area contributed by atoms with Crippen molar-refractivity contribution in [2.45, 2.75) is 0 Å². The van der Waals surface area contributed by atoms with E-state index in [1.807, 2.05) is 89.5 Å². The van der Waals surface area contributed by atoms with Crippen molar-refractivity contribution < 1.29 is 14.3 Å². The van der Waals surface area contributed by atoms with Crippen molar-refractivity contribution in [1.82, 2.24) is 4.40 Å². The molecular formula is C28H20N2O3. The minimum atomic E-state index is -0.609. The molecule has 5 aromatic rings. The van der Waals surface area contributed by atoms with E-state index in [1.54, 1.807) is 24.3 Å². The zero-order chi connectivity index (χ0) is 22.6. The molecule has 160 valence electrons. The van der Waals surface area contributed by atoms with Crippen LogP contribution in [0.5, 0.6) is 5.75 Å². The molecule has 2 aromatic heterocycles. The lowest BCUT2D eigenvalue weighted by molar-refractivity contribution is 0.112. The van der Waals surface area contributed by atoms with Crippen molar-refractivity contribution in [1.29, 1.82) is 0 Å². The second-order valence-corrected chi connectivity index (χ2v) is 7.50. The third kappa shape index (κ3) is 4.00. The van der Waals surface area contributed by atoms with Crippen molar-refractivity contribution in [3.63, 3.8) is 0 Å². The van der Waals surface area contributed by atoms with Crippen LogP contribution in [-0.2, 0) is 0 Å². The van der Waals surface area contributed by atoms with Crippen LogP contribution in [-0.4, -0.2) is 16.8 Å². The molecule has 5 heteroatoms. The van der Waals surface area contributed by atoms with E-state index in [0.29, 0.717) is 22.5 Å². The highest BCUT2D eigenvalue weighted by molar-refractivity contribution is 5.98. The number of ether oxygens (including phenoxy) is 1. The molecule has 33 heavy (non-hydrogen) atoms. The Bertz CT molecular complexity index is 1430. The van der Waals surface area contributed by atoms with Crippen molar-refractivity contribution in [2.24, 2.45) is 0 Å². The van der Waals surface area contributed by atoms with E-state index < -0.39 is 6.09 Å². The van der Waals surface area contributed by atoms with Gasteiger partial charge in [-0.25, -0.2) is 4.79 Å². The Labute approximate surface area is 190 Å². The number of benzene rings is 3. The van der Waals surface area contributed by atoms with E-state index in [2.05, 4.69) is 5.32 Å². The summed E-state index contributed by atoms with van der Waals surface area (Å²) < 4.78 is 7.89. The van der Waals surface area contributed by atoms with Gasteiger partial charge in [-0.3, -0.25) is 10.1 Å². The van der Waals surface area contributed by atoms with Gasteiger partial charge in [-0.1, -0.05) is 78.9 Å². The highest BCUT2D eigenvalue weighted by atomic mass is 16.6. The minimum absolute atomic E-state index is 0.386. The number of amides is 1. The summed E-state index contributed by atoms with van der Waals surface area (Å²) in [6, 6.07) is 32.3. The molecule has 0 unspecified atom stereocenters. The van der Waals surface area contributed by atoms with E-state index in [1.165, 1.54) is 0 Å². The van der Waals surface area contributed by atoms with Crippen LogP contribution in [0.3, 0.4) is 0 Å². The molecule has 0 aliphatic carbocycles. The summed E-state index contributed by atoms with van der Waals surface area (Å²) in [5.74, 6) is 0.386. The molecule has 0 saturated heterocycles. The highest BCUT2D eigenvalue weighted by Gasteiger charge is 2.24. The standard InChI is InChI=1S/C28H20N2O3/c31-19-20-16-17-30-24(18-20)27(33-28(32)29-23-14-8-3-9-15-23)25(21-10-4-1-5-11-21)26(30)22-12-6-2-7-13-22/h1-19H,(H,29,32). The van der Waals surface area contributed by atoms with Gasteiger partial charge in [0.25, 0.3) is 0 Å². The quantitative estimate of drug-likeness (QED) is 0.315. The lowest BCUT2D eigenvalue weighted by Gasteiger charge is -2.10. The van der Waals surface area contributed by atoms with Gasteiger partial charge in [0.15, 0.2) is 5.75 Å². The third-order valence-corrected chi connectivity index (χ3v) is 5.38. The lowest BCUT2D eigenvalue weighted by atomic mass is 10.0. The first kappa shape index (κ1) is 20.3.